The third-order valence-corrected chi connectivity index (χ3v) is 6.08. The molecule has 1 aliphatic heterocycles. The summed E-state index contributed by atoms with van der Waals surface area (Å²) in [7, 11) is 0. The molecule has 0 saturated carbocycles. The fraction of sp³-hybridized carbons (Fsp3) is 0.565. The fourth-order valence-corrected chi connectivity index (χ4v) is 3.99. The highest BCUT2D eigenvalue weighted by Gasteiger charge is 2.29. The number of benzene rings is 1. The van der Waals surface area contributed by atoms with Crippen LogP contribution in [0.15, 0.2) is 24.3 Å². The summed E-state index contributed by atoms with van der Waals surface area (Å²) in [6.45, 7) is 6.50. The summed E-state index contributed by atoms with van der Waals surface area (Å²) in [4.78, 5) is 4.46. The van der Waals surface area contributed by atoms with Crippen LogP contribution in [-0.2, 0) is 30.7 Å². The second-order valence-electron chi connectivity index (χ2n) is 8.56. The van der Waals surface area contributed by atoms with Crippen LogP contribution in [0.3, 0.4) is 0 Å². The zero-order valence-electron chi connectivity index (χ0n) is 19.0. The molecule has 0 atom stereocenters. The van der Waals surface area contributed by atoms with Gasteiger partial charge in [0.15, 0.2) is 17.3 Å². The SMILES string of the molecule is CCc1ccc(Cn2nnc(-c3nc(CCC(F)(F)F)nn3CC3CCOCC3)c2C)cc1. The Labute approximate surface area is 191 Å². The summed E-state index contributed by atoms with van der Waals surface area (Å²) in [6.07, 6.45) is -2.71. The quantitative estimate of drug-likeness (QED) is 0.497. The molecule has 0 radical (unpaired) electrons. The minimum absolute atomic E-state index is 0.179. The molecule has 0 N–H and O–H groups in total. The van der Waals surface area contributed by atoms with E-state index in [2.05, 4.69) is 51.6 Å². The molecule has 4 rings (SSSR count). The Kier molecular flexibility index (Phi) is 7.11. The summed E-state index contributed by atoms with van der Waals surface area (Å²) in [5.74, 6) is 0.990. The number of halogens is 3. The molecule has 1 saturated heterocycles. The number of alkyl halides is 3. The van der Waals surface area contributed by atoms with Crippen molar-refractivity contribution in [2.75, 3.05) is 13.2 Å². The molecule has 0 spiro atoms. The Hall–Kier alpha value is -2.75. The normalized spacial score (nSPS) is 15.3. The molecule has 0 bridgehead atoms. The summed E-state index contributed by atoms with van der Waals surface area (Å²) in [6, 6.07) is 8.34. The van der Waals surface area contributed by atoms with Gasteiger partial charge in [-0.2, -0.15) is 18.3 Å². The summed E-state index contributed by atoms with van der Waals surface area (Å²) >= 11 is 0. The first-order valence-corrected chi connectivity index (χ1v) is 11.4. The van der Waals surface area contributed by atoms with Gasteiger partial charge in [0.2, 0.25) is 0 Å². The van der Waals surface area contributed by atoms with Gasteiger partial charge in [0.25, 0.3) is 0 Å². The lowest BCUT2D eigenvalue weighted by molar-refractivity contribution is -0.134. The predicted molar refractivity (Wildman–Crippen MR) is 117 cm³/mol. The van der Waals surface area contributed by atoms with E-state index in [-0.39, 0.29) is 12.2 Å². The monoisotopic (exact) mass is 462 g/mol. The highest BCUT2D eigenvalue weighted by atomic mass is 19.4. The average molecular weight is 463 g/mol. The van der Waals surface area contributed by atoms with E-state index in [0.717, 1.165) is 30.5 Å². The molecule has 0 unspecified atom stereocenters. The van der Waals surface area contributed by atoms with E-state index in [4.69, 9.17) is 4.74 Å². The predicted octanol–water partition coefficient (Wildman–Crippen LogP) is 4.38. The number of hydrogen-bond acceptors (Lipinski definition) is 5. The molecule has 33 heavy (non-hydrogen) atoms. The lowest BCUT2D eigenvalue weighted by Gasteiger charge is -2.22. The van der Waals surface area contributed by atoms with Crippen molar-refractivity contribution < 1.29 is 17.9 Å². The smallest absolute Gasteiger partial charge is 0.381 e. The van der Waals surface area contributed by atoms with E-state index < -0.39 is 12.6 Å². The Bertz CT molecular complexity index is 1050. The van der Waals surface area contributed by atoms with E-state index in [9.17, 15) is 13.2 Å². The fourth-order valence-electron chi connectivity index (χ4n) is 3.99. The minimum Gasteiger partial charge on any atom is -0.381 e. The Morgan fingerprint density at radius 1 is 1.06 bits per heavy atom. The van der Waals surface area contributed by atoms with Gasteiger partial charge in [0.1, 0.15) is 0 Å². The lowest BCUT2D eigenvalue weighted by Crippen LogP contribution is -2.21. The minimum atomic E-state index is -4.25. The molecule has 178 valence electrons. The zero-order valence-corrected chi connectivity index (χ0v) is 19.0. The molecule has 1 fully saturated rings. The first-order valence-electron chi connectivity index (χ1n) is 11.4. The van der Waals surface area contributed by atoms with Crippen molar-refractivity contribution in [3.8, 4) is 11.5 Å². The van der Waals surface area contributed by atoms with Gasteiger partial charge in [0, 0.05) is 26.2 Å². The van der Waals surface area contributed by atoms with Crippen molar-refractivity contribution in [2.45, 2.75) is 65.2 Å². The van der Waals surface area contributed by atoms with Crippen LogP contribution < -0.4 is 0 Å². The largest absolute Gasteiger partial charge is 0.389 e. The molecule has 7 nitrogen and oxygen atoms in total. The molecule has 10 heteroatoms. The lowest BCUT2D eigenvalue weighted by atomic mass is 10.0. The second-order valence-corrected chi connectivity index (χ2v) is 8.56. The highest BCUT2D eigenvalue weighted by Crippen LogP contribution is 2.26. The number of ether oxygens (including phenoxy) is 1. The van der Waals surface area contributed by atoms with Crippen molar-refractivity contribution in [3.05, 3.63) is 46.9 Å². The summed E-state index contributed by atoms with van der Waals surface area (Å²) in [5, 5.41) is 13.1. The van der Waals surface area contributed by atoms with Gasteiger partial charge >= 0.3 is 6.18 Å². The third-order valence-electron chi connectivity index (χ3n) is 6.08. The van der Waals surface area contributed by atoms with Crippen LogP contribution in [-0.4, -0.2) is 49.1 Å². The van der Waals surface area contributed by atoms with E-state index in [1.165, 1.54) is 5.56 Å². The molecule has 0 amide bonds. The second kappa shape index (κ2) is 10.0. The molecule has 3 heterocycles. The third kappa shape index (κ3) is 5.98. The first-order chi connectivity index (χ1) is 15.8. The molecular formula is C23H29F3N6O. The number of aryl methyl sites for hydroxylation is 2. The van der Waals surface area contributed by atoms with Gasteiger partial charge in [-0.3, -0.25) is 0 Å². The summed E-state index contributed by atoms with van der Waals surface area (Å²) < 4.78 is 47.2. The van der Waals surface area contributed by atoms with Crippen molar-refractivity contribution in [1.29, 1.82) is 0 Å². The molecular weight excluding hydrogens is 433 g/mol. The van der Waals surface area contributed by atoms with E-state index in [1.54, 1.807) is 9.36 Å². The maximum absolute atomic E-state index is 12.8. The van der Waals surface area contributed by atoms with E-state index >= 15 is 0 Å². The zero-order chi connectivity index (χ0) is 23.4. The van der Waals surface area contributed by atoms with Crippen molar-refractivity contribution in [3.63, 3.8) is 0 Å². The number of hydrogen-bond donors (Lipinski definition) is 0. The molecule has 1 aliphatic rings. The number of nitrogens with zero attached hydrogens (tertiary/aromatic N) is 6. The van der Waals surface area contributed by atoms with Gasteiger partial charge < -0.3 is 4.74 Å². The molecule has 1 aromatic carbocycles. The Morgan fingerprint density at radius 2 is 1.76 bits per heavy atom. The van der Waals surface area contributed by atoms with Crippen LogP contribution >= 0.6 is 0 Å². The Balaban J connectivity index is 1.59. The van der Waals surface area contributed by atoms with Crippen molar-refractivity contribution >= 4 is 0 Å². The molecule has 2 aromatic heterocycles. The maximum atomic E-state index is 12.8. The van der Waals surface area contributed by atoms with Crippen LogP contribution in [0, 0.1) is 12.8 Å². The molecule has 0 aliphatic carbocycles. The van der Waals surface area contributed by atoms with Crippen LogP contribution in [0.2, 0.25) is 0 Å². The van der Waals surface area contributed by atoms with E-state index in [0.29, 0.717) is 43.7 Å². The van der Waals surface area contributed by atoms with Gasteiger partial charge in [-0.1, -0.05) is 36.4 Å². The van der Waals surface area contributed by atoms with Gasteiger partial charge in [-0.15, -0.1) is 5.10 Å². The van der Waals surface area contributed by atoms with Gasteiger partial charge in [-0.25, -0.2) is 14.3 Å². The number of rotatable bonds is 8. The van der Waals surface area contributed by atoms with Crippen LogP contribution in [0.5, 0.6) is 0 Å². The topological polar surface area (TPSA) is 70.7 Å². The van der Waals surface area contributed by atoms with Crippen LogP contribution in [0.25, 0.3) is 11.5 Å². The van der Waals surface area contributed by atoms with Gasteiger partial charge in [-0.05, 0) is 43.2 Å². The highest BCUT2D eigenvalue weighted by molar-refractivity contribution is 5.52. The average Bonchev–Trinajstić information content (AvgIpc) is 3.36. The van der Waals surface area contributed by atoms with Crippen molar-refractivity contribution in [1.82, 2.24) is 29.8 Å². The summed E-state index contributed by atoms with van der Waals surface area (Å²) in [5.41, 5.74) is 3.72. The Morgan fingerprint density at radius 3 is 2.42 bits per heavy atom. The standard InChI is InChI=1S/C23H29F3N6O/c1-3-17-4-6-18(7-5-17)14-31-16(2)21(28-30-31)22-27-20(8-11-23(24,25)26)29-32(22)15-19-9-12-33-13-10-19/h4-7,19H,3,8-15H2,1-2H3. The van der Waals surface area contributed by atoms with Crippen molar-refractivity contribution in [2.24, 2.45) is 5.92 Å². The number of aromatic nitrogens is 6. The van der Waals surface area contributed by atoms with Crippen LogP contribution in [0.1, 0.15) is 48.8 Å². The molecule has 3 aromatic rings. The maximum Gasteiger partial charge on any atom is 0.389 e. The van der Waals surface area contributed by atoms with Crippen LogP contribution in [0.4, 0.5) is 13.2 Å². The first kappa shape index (κ1) is 23.4. The van der Waals surface area contributed by atoms with E-state index in [1.807, 2.05) is 6.92 Å². The van der Waals surface area contributed by atoms with Gasteiger partial charge in [0.05, 0.1) is 18.7 Å².